The number of nitrogens with zero attached hydrogens (tertiary/aromatic N) is 4. The summed E-state index contributed by atoms with van der Waals surface area (Å²) in [5.74, 6) is 0.468. The predicted molar refractivity (Wildman–Crippen MR) is 156 cm³/mol. The van der Waals surface area contributed by atoms with E-state index in [-0.39, 0.29) is 25.0 Å². The van der Waals surface area contributed by atoms with Gasteiger partial charge in [0.2, 0.25) is 0 Å². The van der Waals surface area contributed by atoms with Crippen molar-refractivity contribution in [3.8, 4) is 5.75 Å². The Morgan fingerprint density at radius 3 is 2.73 bits per heavy atom. The molecular formula is C29H22ClN5O4S. The number of para-hydroxylation sites is 1. The Morgan fingerprint density at radius 1 is 1.10 bits per heavy atom. The second-order valence-corrected chi connectivity index (χ2v) is 9.82. The van der Waals surface area contributed by atoms with Gasteiger partial charge in [-0.2, -0.15) is 5.10 Å². The summed E-state index contributed by atoms with van der Waals surface area (Å²) < 4.78 is 11.3. The van der Waals surface area contributed by atoms with Gasteiger partial charge in [0.15, 0.2) is 11.8 Å². The fraction of sp³-hybridized carbons (Fsp3) is 0.0690. The van der Waals surface area contributed by atoms with E-state index in [0.29, 0.717) is 37.9 Å². The minimum absolute atomic E-state index is 0.195. The normalized spacial score (nSPS) is 15.3. The molecule has 1 fully saturated rings. The number of hydrogen-bond acceptors (Lipinski definition) is 8. The van der Waals surface area contributed by atoms with E-state index in [1.807, 2.05) is 12.1 Å². The smallest absolute Gasteiger partial charge is 0.267 e. The number of aromatic nitrogens is 1. The van der Waals surface area contributed by atoms with Crippen LogP contribution < -0.4 is 10.1 Å². The van der Waals surface area contributed by atoms with Crippen LogP contribution >= 0.6 is 23.4 Å². The lowest BCUT2D eigenvalue weighted by Crippen LogP contribution is -2.28. The molecule has 0 atom stereocenters. The average molecular weight is 572 g/mol. The third-order valence-corrected chi connectivity index (χ3v) is 6.76. The Balaban J connectivity index is 1.33. The fourth-order valence-corrected chi connectivity index (χ4v) is 4.68. The van der Waals surface area contributed by atoms with E-state index in [9.17, 15) is 9.59 Å². The molecule has 0 bridgehead atoms. The number of carbonyl (C=O) groups is 2. The highest BCUT2D eigenvalue weighted by Gasteiger charge is 2.34. The highest BCUT2D eigenvalue weighted by molar-refractivity contribution is 8.18. The molecule has 4 aromatic rings. The first-order valence-electron chi connectivity index (χ1n) is 12.1. The molecule has 1 N–H and O–H groups in total. The molecule has 1 aliphatic rings. The van der Waals surface area contributed by atoms with Crippen LogP contribution in [0.25, 0.3) is 6.08 Å². The zero-order valence-corrected chi connectivity index (χ0v) is 22.5. The van der Waals surface area contributed by atoms with Crippen LogP contribution in [0.4, 0.5) is 5.69 Å². The Morgan fingerprint density at radius 2 is 1.95 bits per heavy atom. The first-order valence-corrected chi connectivity index (χ1v) is 13.3. The van der Waals surface area contributed by atoms with Crippen molar-refractivity contribution in [1.82, 2.24) is 9.88 Å². The number of ether oxygens (including phenoxy) is 1. The number of halogens is 1. The molecule has 40 heavy (non-hydrogen) atoms. The maximum Gasteiger partial charge on any atom is 0.267 e. The average Bonchev–Trinajstić information content (AvgIpc) is 3.59. The number of rotatable bonds is 9. The van der Waals surface area contributed by atoms with Gasteiger partial charge in [0.1, 0.15) is 11.5 Å². The van der Waals surface area contributed by atoms with Crippen molar-refractivity contribution < 1.29 is 18.7 Å². The van der Waals surface area contributed by atoms with E-state index in [2.05, 4.69) is 20.5 Å². The highest BCUT2D eigenvalue weighted by Crippen LogP contribution is 2.35. The summed E-state index contributed by atoms with van der Waals surface area (Å²) in [6, 6.07) is 21.1. The van der Waals surface area contributed by atoms with Crippen LogP contribution in [0.15, 0.2) is 111 Å². The zero-order chi connectivity index (χ0) is 27.7. The van der Waals surface area contributed by atoms with E-state index in [0.717, 1.165) is 5.56 Å². The summed E-state index contributed by atoms with van der Waals surface area (Å²) in [6.07, 6.45) is 8.16. The molecule has 3 heterocycles. The van der Waals surface area contributed by atoms with Crippen LogP contribution in [-0.2, 0) is 16.1 Å². The quantitative estimate of drug-likeness (QED) is 0.153. The van der Waals surface area contributed by atoms with Crippen molar-refractivity contribution in [1.29, 1.82) is 0 Å². The molecule has 0 aliphatic carbocycles. The van der Waals surface area contributed by atoms with Gasteiger partial charge in [-0.05, 0) is 66.4 Å². The third kappa shape index (κ3) is 7.04. The van der Waals surface area contributed by atoms with Crippen molar-refractivity contribution in [2.45, 2.75) is 6.54 Å². The van der Waals surface area contributed by atoms with Gasteiger partial charge in [-0.3, -0.25) is 19.5 Å². The number of pyridine rings is 1. The zero-order valence-electron chi connectivity index (χ0n) is 20.9. The Kier molecular flexibility index (Phi) is 8.69. The number of amides is 2. The van der Waals surface area contributed by atoms with Gasteiger partial charge in [-0.15, -0.1) is 5.10 Å². The molecule has 2 aromatic carbocycles. The fourth-order valence-electron chi connectivity index (χ4n) is 3.62. The number of anilines is 1. The maximum atomic E-state index is 13.4. The molecule has 200 valence electrons. The molecule has 0 unspecified atom stereocenters. The molecule has 1 saturated heterocycles. The molecule has 0 spiro atoms. The summed E-state index contributed by atoms with van der Waals surface area (Å²) in [6.45, 7) is -0.0231. The molecule has 11 heteroatoms. The van der Waals surface area contributed by atoms with E-state index in [1.165, 1.54) is 16.7 Å². The van der Waals surface area contributed by atoms with Crippen LogP contribution in [-0.4, -0.2) is 39.7 Å². The van der Waals surface area contributed by atoms with Gasteiger partial charge in [0.05, 0.1) is 23.9 Å². The predicted octanol–water partition coefficient (Wildman–Crippen LogP) is 5.85. The van der Waals surface area contributed by atoms with Crippen LogP contribution in [0.3, 0.4) is 0 Å². The second-order valence-electron chi connectivity index (χ2n) is 8.38. The van der Waals surface area contributed by atoms with Gasteiger partial charge < -0.3 is 14.5 Å². The Labute approximate surface area is 239 Å². The topological polar surface area (TPSA) is 109 Å². The lowest BCUT2D eigenvalue weighted by atomic mass is 10.2. The first-order chi connectivity index (χ1) is 19.5. The molecule has 0 radical (unpaired) electrons. The van der Waals surface area contributed by atoms with Gasteiger partial charge >= 0.3 is 0 Å². The van der Waals surface area contributed by atoms with Crippen molar-refractivity contribution in [2.75, 3.05) is 11.9 Å². The van der Waals surface area contributed by atoms with Gasteiger partial charge in [-0.1, -0.05) is 35.9 Å². The first kappa shape index (κ1) is 26.9. The molecular weight excluding hydrogens is 550 g/mol. The lowest BCUT2D eigenvalue weighted by molar-refractivity contribution is -0.122. The Hall–Kier alpha value is -4.67. The van der Waals surface area contributed by atoms with E-state index >= 15 is 0 Å². The van der Waals surface area contributed by atoms with Gasteiger partial charge in [-0.25, -0.2) is 0 Å². The monoisotopic (exact) mass is 571 g/mol. The van der Waals surface area contributed by atoms with Gasteiger partial charge in [0, 0.05) is 34.2 Å². The van der Waals surface area contributed by atoms with Crippen LogP contribution in [0, 0.1) is 0 Å². The summed E-state index contributed by atoms with van der Waals surface area (Å²) in [4.78, 5) is 31.8. The third-order valence-electron chi connectivity index (χ3n) is 5.51. The minimum atomic E-state index is -0.332. The molecule has 9 nitrogen and oxygen atoms in total. The number of carbonyl (C=O) groups excluding carboxylic acids is 2. The number of thioether (sulfide) groups is 1. The molecule has 1 aliphatic heterocycles. The molecule has 0 saturated carbocycles. The summed E-state index contributed by atoms with van der Waals surface area (Å²) in [5.41, 5.74) is 2.02. The van der Waals surface area contributed by atoms with Crippen LogP contribution in [0.5, 0.6) is 5.75 Å². The number of hydrogen-bond donors (Lipinski definition) is 1. The Bertz CT molecular complexity index is 1570. The highest BCUT2D eigenvalue weighted by atomic mass is 35.5. The molecule has 5 rings (SSSR count). The summed E-state index contributed by atoms with van der Waals surface area (Å²) in [7, 11) is 0. The van der Waals surface area contributed by atoms with E-state index < -0.39 is 0 Å². The largest absolute Gasteiger partial charge is 0.483 e. The number of amidine groups is 1. The van der Waals surface area contributed by atoms with E-state index in [4.69, 9.17) is 20.8 Å². The standard InChI is InChI=1S/C29H22ClN5O4S/c30-22-9-11-23(12-10-22)33-27(36)19-39-25-8-2-1-6-21(25)15-26-28(37)35(18-24-7-4-14-38-24)29(40-26)34-32-17-20-5-3-13-31-16-20/h1-17H,18-19H2,(H,33,36)/b26-15-,32-17+,34-29-. The number of furan rings is 1. The maximum absolute atomic E-state index is 13.4. The SMILES string of the molecule is O=C(COc1ccccc1/C=C1\S/C(=N\N=C\c2cccnc2)N(Cc2ccco2)C1=O)Nc1ccc(Cl)cc1. The van der Waals surface area contributed by atoms with Crippen molar-refractivity contribution in [3.63, 3.8) is 0 Å². The van der Waals surface area contributed by atoms with E-state index in [1.54, 1.807) is 91.6 Å². The van der Waals surface area contributed by atoms with Crippen molar-refractivity contribution in [2.24, 2.45) is 10.2 Å². The molecule has 2 aromatic heterocycles. The summed E-state index contributed by atoms with van der Waals surface area (Å²) in [5, 5.41) is 12.2. The minimum Gasteiger partial charge on any atom is -0.483 e. The second kappa shape index (κ2) is 12.9. The number of nitrogens with one attached hydrogen (secondary N) is 1. The lowest BCUT2D eigenvalue weighted by Gasteiger charge is -2.12. The molecule has 2 amide bonds. The van der Waals surface area contributed by atoms with Gasteiger partial charge in [0.25, 0.3) is 11.8 Å². The van der Waals surface area contributed by atoms with Crippen LogP contribution in [0.2, 0.25) is 5.02 Å². The summed E-state index contributed by atoms with van der Waals surface area (Å²) >= 11 is 7.08. The van der Waals surface area contributed by atoms with Crippen LogP contribution in [0.1, 0.15) is 16.9 Å². The van der Waals surface area contributed by atoms with Crippen molar-refractivity contribution >= 4 is 58.3 Å². The van der Waals surface area contributed by atoms with Crippen molar-refractivity contribution in [3.05, 3.63) is 118 Å². The number of benzene rings is 2.